The highest BCUT2D eigenvalue weighted by Crippen LogP contribution is 2.49. The Balaban J connectivity index is 2.38. The van der Waals surface area contributed by atoms with Gasteiger partial charge < -0.3 is 5.32 Å². The number of amides is 1. The number of alkyl halides is 2. The van der Waals surface area contributed by atoms with Crippen LogP contribution in [0.3, 0.4) is 0 Å². The van der Waals surface area contributed by atoms with E-state index in [1.807, 2.05) is 0 Å². The zero-order chi connectivity index (χ0) is 12.6. The predicted molar refractivity (Wildman–Crippen MR) is 61.6 cm³/mol. The maximum Gasteiger partial charge on any atom is 0.277 e. The fourth-order valence-electron chi connectivity index (χ4n) is 1.99. The lowest BCUT2D eigenvalue weighted by Gasteiger charge is -2.12. The van der Waals surface area contributed by atoms with Gasteiger partial charge in [-0.05, 0) is 15.9 Å². The number of pyridine rings is 1. The van der Waals surface area contributed by atoms with Gasteiger partial charge in [-0.15, -0.1) is 0 Å². The van der Waals surface area contributed by atoms with E-state index in [1.165, 1.54) is 12.4 Å². The van der Waals surface area contributed by atoms with Gasteiger partial charge in [0.15, 0.2) is 0 Å². The number of aromatic nitrogens is 1. The van der Waals surface area contributed by atoms with Crippen LogP contribution in [0, 0.1) is 0 Å². The first kappa shape index (κ1) is 12.4. The summed E-state index contributed by atoms with van der Waals surface area (Å²) in [6, 6.07) is -0.655. The second-order valence-corrected chi connectivity index (χ2v) is 4.82. The van der Waals surface area contributed by atoms with Crippen molar-refractivity contribution in [2.75, 3.05) is 0 Å². The third-order valence-electron chi connectivity index (χ3n) is 2.79. The molecule has 2 rings (SSSR count). The molecule has 0 aliphatic heterocycles. The van der Waals surface area contributed by atoms with Gasteiger partial charge in [-0.3, -0.25) is 9.78 Å². The summed E-state index contributed by atoms with van der Waals surface area (Å²) in [6.07, 6.45) is 2.61. The Bertz CT molecular complexity index is 465. The van der Waals surface area contributed by atoms with E-state index in [9.17, 15) is 13.6 Å². The quantitative estimate of drug-likeness (QED) is 0.913. The monoisotopic (exact) mass is 304 g/mol. The van der Waals surface area contributed by atoms with Crippen molar-refractivity contribution in [3.63, 3.8) is 0 Å². The van der Waals surface area contributed by atoms with Gasteiger partial charge in [0.1, 0.15) is 0 Å². The third kappa shape index (κ3) is 2.18. The van der Waals surface area contributed by atoms with Crippen LogP contribution in [0.5, 0.6) is 0 Å². The average molecular weight is 305 g/mol. The van der Waals surface area contributed by atoms with E-state index in [2.05, 4.69) is 26.2 Å². The fraction of sp³-hybridized carbons (Fsp3) is 0.455. The smallest absolute Gasteiger partial charge is 0.277 e. The lowest BCUT2D eigenvalue weighted by Crippen LogP contribution is -2.27. The Hall–Kier alpha value is -1.04. The molecular weight excluding hydrogens is 294 g/mol. The molecular formula is C11H11BrF2N2O. The van der Waals surface area contributed by atoms with Crippen LogP contribution in [0.1, 0.15) is 36.9 Å². The fourth-order valence-corrected chi connectivity index (χ4v) is 2.63. The molecule has 0 radical (unpaired) electrons. The zero-order valence-corrected chi connectivity index (χ0v) is 10.7. The maximum absolute atomic E-state index is 13.8. The molecule has 1 unspecified atom stereocenters. The van der Waals surface area contributed by atoms with E-state index < -0.39 is 18.4 Å². The molecule has 17 heavy (non-hydrogen) atoms. The molecule has 3 nitrogen and oxygen atoms in total. The number of nitrogens with zero attached hydrogens (tertiary/aromatic N) is 1. The van der Waals surface area contributed by atoms with Crippen LogP contribution in [0.2, 0.25) is 0 Å². The first-order valence-corrected chi connectivity index (χ1v) is 6.06. The van der Waals surface area contributed by atoms with Crippen molar-refractivity contribution in [2.45, 2.75) is 31.7 Å². The number of carbonyl (C=O) groups is 1. The molecule has 1 aliphatic rings. The van der Waals surface area contributed by atoms with Crippen LogP contribution in [-0.2, 0) is 10.7 Å². The van der Waals surface area contributed by atoms with Crippen molar-refractivity contribution in [3.05, 3.63) is 28.0 Å². The van der Waals surface area contributed by atoms with Gasteiger partial charge >= 0.3 is 0 Å². The standard InChI is InChI=1S/C11H11BrF2N2O/c1-2-9(17)16-8-3-11(13,14)10-6(8)4-15-5-7(10)12/h4-5,8H,2-3H2,1H3,(H,16,17). The molecule has 0 saturated heterocycles. The highest BCUT2D eigenvalue weighted by atomic mass is 79.9. The Morgan fingerprint density at radius 3 is 3.00 bits per heavy atom. The van der Waals surface area contributed by atoms with Gasteiger partial charge in [0.05, 0.1) is 6.04 Å². The van der Waals surface area contributed by atoms with Crippen LogP contribution in [0.25, 0.3) is 0 Å². The molecule has 0 spiro atoms. The number of hydrogen-bond acceptors (Lipinski definition) is 2. The summed E-state index contributed by atoms with van der Waals surface area (Å²) in [7, 11) is 0. The molecule has 0 bridgehead atoms. The van der Waals surface area contributed by atoms with E-state index >= 15 is 0 Å². The Kier molecular flexibility index (Phi) is 3.16. The first-order valence-electron chi connectivity index (χ1n) is 5.26. The zero-order valence-electron chi connectivity index (χ0n) is 9.14. The van der Waals surface area contributed by atoms with Crippen LogP contribution < -0.4 is 5.32 Å². The van der Waals surface area contributed by atoms with Gasteiger partial charge in [0.2, 0.25) is 5.91 Å². The van der Waals surface area contributed by atoms with Crippen molar-refractivity contribution < 1.29 is 13.6 Å². The molecule has 1 aromatic rings. The second-order valence-electron chi connectivity index (χ2n) is 3.97. The van der Waals surface area contributed by atoms with Crippen molar-refractivity contribution in [1.29, 1.82) is 0 Å². The molecule has 1 N–H and O–H groups in total. The van der Waals surface area contributed by atoms with Gasteiger partial charge in [-0.25, -0.2) is 8.78 Å². The summed E-state index contributed by atoms with van der Waals surface area (Å²) in [6.45, 7) is 1.68. The van der Waals surface area contributed by atoms with E-state index in [4.69, 9.17) is 0 Å². The number of nitrogens with one attached hydrogen (secondary N) is 1. The van der Waals surface area contributed by atoms with Gasteiger partial charge in [0.25, 0.3) is 5.92 Å². The molecule has 0 fully saturated rings. The van der Waals surface area contributed by atoms with Crippen LogP contribution >= 0.6 is 15.9 Å². The lowest BCUT2D eigenvalue weighted by molar-refractivity contribution is -0.121. The predicted octanol–water partition coefficient (Wildman–Crippen LogP) is 2.91. The Morgan fingerprint density at radius 1 is 1.65 bits per heavy atom. The molecule has 1 amide bonds. The lowest BCUT2D eigenvalue weighted by atomic mass is 10.1. The van der Waals surface area contributed by atoms with Gasteiger partial charge in [-0.1, -0.05) is 6.92 Å². The van der Waals surface area contributed by atoms with Crippen LogP contribution in [0.15, 0.2) is 16.9 Å². The number of carbonyl (C=O) groups excluding carboxylic acids is 1. The molecule has 1 aliphatic carbocycles. The van der Waals surface area contributed by atoms with E-state index in [0.717, 1.165) is 0 Å². The first-order chi connectivity index (χ1) is 7.95. The van der Waals surface area contributed by atoms with Crippen molar-refractivity contribution >= 4 is 21.8 Å². The van der Waals surface area contributed by atoms with Crippen LogP contribution in [-0.4, -0.2) is 10.9 Å². The number of hydrogen-bond donors (Lipinski definition) is 1. The molecule has 1 aromatic heterocycles. The van der Waals surface area contributed by atoms with Crippen molar-refractivity contribution in [1.82, 2.24) is 10.3 Å². The average Bonchev–Trinajstić information content (AvgIpc) is 2.51. The third-order valence-corrected chi connectivity index (χ3v) is 3.39. The minimum atomic E-state index is -2.93. The van der Waals surface area contributed by atoms with Gasteiger partial charge in [0, 0.05) is 40.8 Å². The molecule has 0 aromatic carbocycles. The Morgan fingerprint density at radius 2 is 2.35 bits per heavy atom. The minimum absolute atomic E-state index is 0.0612. The number of rotatable bonds is 2. The second kappa shape index (κ2) is 4.33. The summed E-state index contributed by atoms with van der Waals surface area (Å²) in [4.78, 5) is 15.2. The molecule has 0 saturated carbocycles. The number of halogens is 3. The Labute approximate surface area is 106 Å². The largest absolute Gasteiger partial charge is 0.349 e. The van der Waals surface area contributed by atoms with Gasteiger partial charge in [-0.2, -0.15) is 0 Å². The summed E-state index contributed by atoms with van der Waals surface area (Å²) in [5, 5.41) is 2.59. The molecule has 92 valence electrons. The van der Waals surface area contributed by atoms with Crippen molar-refractivity contribution in [2.24, 2.45) is 0 Å². The SMILES string of the molecule is CCC(=O)NC1CC(F)(F)c2c(Br)cncc21. The summed E-state index contributed by atoms with van der Waals surface area (Å²) in [5.41, 5.74) is 0.333. The number of fused-ring (bicyclic) bond motifs is 1. The minimum Gasteiger partial charge on any atom is -0.349 e. The molecule has 1 atom stereocenters. The normalized spacial score (nSPS) is 21.1. The molecule has 1 heterocycles. The van der Waals surface area contributed by atoms with E-state index in [-0.39, 0.29) is 22.4 Å². The molecule has 6 heteroatoms. The van der Waals surface area contributed by atoms with E-state index in [1.54, 1.807) is 6.92 Å². The summed E-state index contributed by atoms with van der Waals surface area (Å²) >= 11 is 3.08. The van der Waals surface area contributed by atoms with Crippen LogP contribution in [0.4, 0.5) is 8.78 Å². The maximum atomic E-state index is 13.8. The highest BCUT2D eigenvalue weighted by molar-refractivity contribution is 9.10. The highest BCUT2D eigenvalue weighted by Gasteiger charge is 2.47. The summed E-state index contributed by atoms with van der Waals surface area (Å²) in [5.74, 6) is -3.17. The van der Waals surface area contributed by atoms with Crippen molar-refractivity contribution in [3.8, 4) is 0 Å². The topological polar surface area (TPSA) is 42.0 Å². The van der Waals surface area contributed by atoms with E-state index in [0.29, 0.717) is 5.56 Å². The summed E-state index contributed by atoms with van der Waals surface area (Å²) < 4.78 is 27.9.